The molecule has 2 atom stereocenters. The number of carbonyl (C=O) groups is 1. The number of benzene rings is 2. The van der Waals surface area contributed by atoms with E-state index < -0.39 is 28.6 Å². The highest BCUT2D eigenvalue weighted by atomic mass is 32.2. The van der Waals surface area contributed by atoms with E-state index in [1.54, 1.807) is 24.3 Å². The molecular formula is C18H19F3N2O5S. The number of amides is 1. The number of nitrogens with one attached hydrogen (secondary N) is 2. The van der Waals surface area contributed by atoms with Crippen molar-refractivity contribution in [2.45, 2.75) is 31.5 Å². The van der Waals surface area contributed by atoms with E-state index in [9.17, 15) is 22.2 Å². The highest BCUT2D eigenvalue weighted by Gasteiger charge is 2.30. The van der Waals surface area contributed by atoms with Crippen molar-refractivity contribution in [2.75, 3.05) is 0 Å². The molecule has 0 bridgehead atoms. The predicted octanol–water partition coefficient (Wildman–Crippen LogP) is 2.75. The van der Waals surface area contributed by atoms with Crippen molar-refractivity contribution in [1.29, 1.82) is 0 Å². The maximum Gasteiger partial charge on any atom is 0.573 e. The summed E-state index contributed by atoms with van der Waals surface area (Å²) >= 11 is -1.97. The molecule has 11 heteroatoms. The van der Waals surface area contributed by atoms with Crippen LogP contribution in [-0.2, 0) is 33.1 Å². The van der Waals surface area contributed by atoms with E-state index in [0.717, 1.165) is 16.7 Å². The Kier molecular flexibility index (Phi) is 8.14. The van der Waals surface area contributed by atoms with Crippen LogP contribution < -0.4 is 15.7 Å². The lowest BCUT2D eigenvalue weighted by Gasteiger charge is -2.10. The number of rotatable bonds is 9. The SMILES string of the molecule is CC(C(=O)NO)S(=O)ONCc1ccc(Cc2ccc(OC(F)(F)F)cc2)cc1. The van der Waals surface area contributed by atoms with Crippen LogP contribution in [0.4, 0.5) is 13.2 Å². The Morgan fingerprint density at radius 2 is 1.59 bits per heavy atom. The van der Waals surface area contributed by atoms with Crippen molar-refractivity contribution >= 4 is 17.0 Å². The molecule has 0 radical (unpaired) electrons. The number of hydrogen-bond donors (Lipinski definition) is 3. The Morgan fingerprint density at radius 3 is 2.10 bits per heavy atom. The molecule has 3 N–H and O–H groups in total. The molecule has 158 valence electrons. The molecule has 2 aromatic carbocycles. The summed E-state index contributed by atoms with van der Waals surface area (Å²) in [7, 11) is 0. The molecule has 0 fully saturated rings. The van der Waals surface area contributed by atoms with E-state index in [1.807, 2.05) is 12.1 Å². The van der Waals surface area contributed by atoms with Crippen LogP contribution >= 0.6 is 0 Å². The topological polar surface area (TPSA) is 96.9 Å². The van der Waals surface area contributed by atoms with Crippen LogP contribution in [0.5, 0.6) is 5.75 Å². The van der Waals surface area contributed by atoms with Gasteiger partial charge < -0.3 is 4.74 Å². The number of halogens is 3. The fourth-order valence-corrected chi connectivity index (χ4v) is 2.79. The standard InChI is InChI=1S/C18H19F3N2O5S/c1-12(17(24)23-25)29(26)28-22-11-15-4-2-13(3-5-15)10-14-6-8-16(9-7-14)27-18(19,20)21/h2-9,12,22,25H,10-11H2,1H3,(H,23,24). The fraction of sp³-hybridized carbons (Fsp3) is 0.278. The monoisotopic (exact) mass is 432 g/mol. The normalized spacial score (nSPS) is 13.6. The van der Waals surface area contributed by atoms with Crippen molar-refractivity contribution in [3.05, 3.63) is 65.2 Å². The summed E-state index contributed by atoms with van der Waals surface area (Å²) < 4.78 is 56.9. The smallest absolute Gasteiger partial charge is 0.406 e. The third-order valence-electron chi connectivity index (χ3n) is 3.77. The fourth-order valence-electron chi connectivity index (χ4n) is 2.24. The van der Waals surface area contributed by atoms with Crippen LogP contribution in [0.15, 0.2) is 48.5 Å². The van der Waals surface area contributed by atoms with Crippen LogP contribution in [0.3, 0.4) is 0 Å². The van der Waals surface area contributed by atoms with Gasteiger partial charge in [-0.1, -0.05) is 36.4 Å². The third kappa shape index (κ3) is 7.81. The van der Waals surface area contributed by atoms with E-state index in [0.29, 0.717) is 6.42 Å². The van der Waals surface area contributed by atoms with Crippen molar-refractivity contribution < 1.29 is 36.4 Å². The first-order valence-electron chi connectivity index (χ1n) is 8.35. The first-order valence-corrected chi connectivity index (χ1v) is 9.49. The van der Waals surface area contributed by atoms with Gasteiger partial charge in [0, 0.05) is 6.54 Å². The second-order valence-electron chi connectivity index (χ2n) is 5.97. The zero-order valence-electron chi connectivity index (χ0n) is 15.2. The van der Waals surface area contributed by atoms with Crippen LogP contribution in [0.25, 0.3) is 0 Å². The summed E-state index contributed by atoms with van der Waals surface area (Å²) in [5, 5.41) is 7.43. The number of ether oxygens (including phenoxy) is 1. The number of carbonyl (C=O) groups excluding carboxylic acids is 1. The molecular weight excluding hydrogens is 413 g/mol. The number of hydrogen-bond acceptors (Lipinski definition) is 6. The van der Waals surface area contributed by atoms with E-state index in [-0.39, 0.29) is 12.3 Å². The molecule has 2 unspecified atom stereocenters. The zero-order chi connectivity index (χ0) is 21.4. The first-order chi connectivity index (χ1) is 13.7. The van der Waals surface area contributed by atoms with Gasteiger partial charge in [-0.05, 0) is 42.2 Å². The summed E-state index contributed by atoms with van der Waals surface area (Å²) in [6.45, 7) is 1.56. The Hall–Kier alpha value is -2.47. The Bertz CT molecular complexity index is 829. The maximum atomic E-state index is 12.2. The van der Waals surface area contributed by atoms with Gasteiger partial charge >= 0.3 is 6.36 Å². The molecule has 0 saturated heterocycles. The van der Waals surface area contributed by atoms with Gasteiger partial charge in [-0.2, -0.15) is 9.76 Å². The lowest BCUT2D eigenvalue weighted by Crippen LogP contribution is -2.35. The van der Waals surface area contributed by atoms with Gasteiger partial charge in [-0.3, -0.25) is 10.0 Å². The lowest BCUT2D eigenvalue weighted by molar-refractivity contribution is -0.274. The maximum absolute atomic E-state index is 12.2. The summed E-state index contributed by atoms with van der Waals surface area (Å²) in [6.07, 6.45) is -4.20. The van der Waals surface area contributed by atoms with Gasteiger partial charge in [-0.15, -0.1) is 13.2 Å². The molecule has 29 heavy (non-hydrogen) atoms. The Morgan fingerprint density at radius 1 is 1.07 bits per heavy atom. The minimum atomic E-state index is -4.72. The van der Waals surface area contributed by atoms with Gasteiger partial charge in [0.05, 0.1) is 0 Å². The molecule has 0 heterocycles. The number of alkyl halides is 3. The Labute approximate surface area is 167 Å². The molecule has 0 spiro atoms. The minimum absolute atomic E-state index is 0.225. The molecule has 0 aliphatic carbocycles. The van der Waals surface area contributed by atoms with Crippen LogP contribution in [0.2, 0.25) is 0 Å². The van der Waals surface area contributed by atoms with Crippen LogP contribution in [0.1, 0.15) is 23.6 Å². The molecule has 7 nitrogen and oxygen atoms in total. The minimum Gasteiger partial charge on any atom is -0.406 e. The second-order valence-corrected chi connectivity index (χ2v) is 7.36. The van der Waals surface area contributed by atoms with E-state index in [4.69, 9.17) is 9.49 Å². The van der Waals surface area contributed by atoms with E-state index in [1.165, 1.54) is 24.5 Å². The van der Waals surface area contributed by atoms with Crippen molar-refractivity contribution in [1.82, 2.24) is 11.0 Å². The van der Waals surface area contributed by atoms with Gasteiger partial charge in [0.2, 0.25) is 0 Å². The number of hydroxylamine groups is 2. The summed E-state index contributed by atoms with van der Waals surface area (Å²) in [4.78, 5) is 11.1. The van der Waals surface area contributed by atoms with E-state index >= 15 is 0 Å². The molecule has 0 saturated carbocycles. The summed E-state index contributed by atoms with van der Waals surface area (Å²) in [5.74, 6) is -1.10. The molecule has 0 aliphatic rings. The second kappa shape index (κ2) is 10.3. The first kappa shape index (κ1) is 22.8. The average Bonchev–Trinajstić information content (AvgIpc) is 2.68. The molecule has 0 aromatic heterocycles. The van der Waals surface area contributed by atoms with E-state index in [2.05, 4.69) is 10.2 Å². The van der Waals surface area contributed by atoms with Crippen molar-refractivity contribution in [2.24, 2.45) is 0 Å². The predicted molar refractivity (Wildman–Crippen MR) is 97.8 cm³/mol. The van der Waals surface area contributed by atoms with Gasteiger partial charge in [-0.25, -0.2) is 9.69 Å². The highest BCUT2D eigenvalue weighted by molar-refractivity contribution is 7.81. The summed E-state index contributed by atoms with van der Waals surface area (Å²) in [6, 6.07) is 12.9. The molecule has 0 aliphatic heterocycles. The highest BCUT2D eigenvalue weighted by Crippen LogP contribution is 2.23. The van der Waals surface area contributed by atoms with Gasteiger partial charge in [0.25, 0.3) is 5.91 Å². The van der Waals surface area contributed by atoms with Gasteiger partial charge in [0.1, 0.15) is 11.0 Å². The average molecular weight is 432 g/mol. The summed E-state index contributed by atoms with van der Waals surface area (Å²) in [5.41, 5.74) is 6.46. The zero-order valence-corrected chi connectivity index (χ0v) is 16.0. The van der Waals surface area contributed by atoms with Crippen LogP contribution in [-0.4, -0.2) is 26.9 Å². The molecule has 1 amide bonds. The molecule has 2 rings (SSSR count). The van der Waals surface area contributed by atoms with Gasteiger partial charge in [0.15, 0.2) is 11.1 Å². The Balaban J connectivity index is 1.83. The lowest BCUT2D eigenvalue weighted by atomic mass is 10.0. The third-order valence-corrected chi connectivity index (χ3v) is 4.85. The van der Waals surface area contributed by atoms with Crippen LogP contribution in [0, 0.1) is 0 Å². The molecule has 2 aromatic rings. The van der Waals surface area contributed by atoms with Crippen molar-refractivity contribution in [3.63, 3.8) is 0 Å². The van der Waals surface area contributed by atoms with Crippen molar-refractivity contribution in [3.8, 4) is 5.75 Å². The quantitative estimate of drug-likeness (QED) is 0.417. The largest absolute Gasteiger partial charge is 0.573 e.